The van der Waals surface area contributed by atoms with Crippen molar-refractivity contribution in [1.82, 2.24) is 25.5 Å². The van der Waals surface area contributed by atoms with E-state index in [4.69, 9.17) is 20.6 Å². The lowest BCUT2D eigenvalue weighted by atomic mass is 10.1. The van der Waals surface area contributed by atoms with E-state index < -0.39 is 0 Å². The molecule has 1 N–H and O–H groups in total. The van der Waals surface area contributed by atoms with E-state index in [2.05, 4.69) is 25.5 Å². The van der Waals surface area contributed by atoms with Crippen LogP contribution < -0.4 is 5.32 Å². The lowest BCUT2D eigenvalue weighted by Crippen LogP contribution is -2.44. The zero-order valence-corrected chi connectivity index (χ0v) is 13.8. The van der Waals surface area contributed by atoms with Gasteiger partial charge in [0.25, 0.3) is 5.89 Å². The number of piperazine rings is 1. The predicted molar refractivity (Wildman–Crippen MR) is 88.5 cm³/mol. The molecule has 1 aliphatic rings. The lowest BCUT2D eigenvalue weighted by Gasteiger charge is -2.30. The van der Waals surface area contributed by atoms with Gasteiger partial charge in [-0.25, -0.2) is 0 Å². The van der Waals surface area contributed by atoms with Crippen LogP contribution in [0.2, 0.25) is 5.02 Å². The van der Waals surface area contributed by atoms with Gasteiger partial charge in [0.2, 0.25) is 5.76 Å². The van der Waals surface area contributed by atoms with Crippen LogP contribution in [0.15, 0.2) is 39.4 Å². The Hall–Kier alpha value is -2.22. The molecule has 0 aliphatic carbocycles. The van der Waals surface area contributed by atoms with Crippen LogP contribution >= 0.6 is 11.6 Å². The van der Waals surface area contributed by atoms with Crippen molar-refractivity contribution < 1.29 is 9.05 Å². The molecule has 3 heterocycles. The summed E-state index contributed by atoms with van der Waals surface area (Å²) in [5, 5.41) is 12.1. The van der Waals surface area contributed by atoms with Gasteiger partial charge in [-0.2, -0.15) is 4.98 Å². The van der Waals surface area contributed by atoms with Crippen molar-refractivity contribution in [2.45, 2.75) is 6.04 Å². The first-order valence-electron chi connectivity index (χ1n) is 7.68. The van der Waals surface area contributed by atoms with E-state index in [0.717, 1.165) is 25.2 Å². The van der Waals surface area contributed by atoms with Gasteiger partial charge < -0.3 is 14.4 Å². The fourth-order valence-electron chi connectivity index (χ4n) is 2.72. The van der Waals surface area contributed by atoms with Crippen molar-refractivity contribution in [2.75, 3.05) is 26.7 Å². The number of hydrogen-bond acceptors (Lipinski definition) is 7. The Labute approximate surface area is 143 Å². The largest absolute Gasteiger partial charge is 0.350 e. The van der Waals surface area contributed by atoms with E-state index in [0.29, 0.717) is 28.2 Å². The van der Waals surface area contributed by atoms with Crippen molar-refractivity contribution in [3.8, 4) is 22.9 Å². The number of hydrogen-bond donors (Lipinski definition) is 1. The van der Waals surface area contributed by atoms with Crippen molar-refractivity contribution in [1.29, 1.82) is 0 Å². The maximum Gasteiger partial charge on any atom is 0.296 e. The average molecular weight is 346 g/mol. The lowest BCUT2D eigenvalue weighted by molar-refractivity contribution is 0.190. The Balaban J connectivity index is 1.59. The molecule has 0 spiro atoms. The van der Waals surface area contributed by atoms with Gasteiger partial charge >= 0.3 is 0 Å². The molecule has 24 heavy (non-hydrogen) atoms. The van der Waals surface area contributed by atoms with Crippen LogP contribution in [0, 0.1) is 0 Å². The fraction of sp³-hybridized carbons (Fsp3) is 0.312. The number of aromatic nitrogens is 3. The minimum absolute atomic E-state index is 0.0894. The van der Waals surface area contributed by atoms with E-state index in [1.54, 1.807) is 6.07 Å². The summed E-state index contributed by atoms with van der Waals surface area (Å²) in [6.45, 7) is 2.69. The summed E-state index contributed by atoms with van der Waals surface area (Å²) >= 11 is 6.01. The van der Waals surface area contributed by atoms with Crippen LogP contribution in [0.4, 0.5) is 0 Å². The molecule has 0 bridgehead atoms. The van der Waals surface area contributed by atoms with E-state index in [1.807, 2.05) is 31.3 Å². The summed E-state index contributed by atoms with van der Waals surface area (Å²) < 4.78 is 10.7. The van der Waals surface area contributed by atoms with Crippen molar-refractivity contribution in [3.63, 3.8) is 0 Å². The number of benzene rings is 1. The van der Waals surface area contributed by atoms with Gasteiger partial charge in [-0.3, -0.25) is 4.90 Å². The minimum Gasteiger partial charge on any atom is -0.350 e. The Morgan fingerprint density at radius 1 is 1.25 bits per heavy atom. The average Bonchev–Trinajstić information content (AvgIpc) is 3.25. The summed E-state index contributed by atoms with van der Waals surface area (Å²) in [5.74, 6) is 1.40. The van der Waals surface area contributed by atoms with Gasteiger partial charge in [0.1, 0.15) is 5.69 Å². The predicted octanol–water partition coefficient (Wildman–Crippen LogP) is 2.62. The monoisotopic (exact) mass is 345 g/mol. The summed E-state index contributed by atoms with van der Waals surface area (Å²) in [5.41, 5.74) is 1.54. The third-order valence-corrected chi connectivity index (χ3v) is 4.33. The third-order valence-electron chi connectivity index (χ3n) is 4.09. The van der Waals surface area contributed by atoms with E-state index in [-0.39, 0.29) is 6.04 Å². The van der Waals surface area contributed by atoms with E-state index in [1.165, 1.54) is 0 Å². The van der Waals surface area contributed by atoms with Crippen molar-refractivity contribution >= 4 is 11.6 Å². The standard InChI is InChI=1S/C16H16ClN5O2/c1-22-6-5-18-9-13(22)15-19-16(24-21-15)14-8-12(20-23-14)10-3-2-4-11(17)7-10/h2-4,7-8,13,18H,5-6,9H2,1H3. The molecule has 4 rings (SSSR count). The Bertz CT molecular complexity index is 846. The van der Waals surface area contributed by atoms with Gasteiger partial charge in [0.05, 0.1) is 6.04 Å². The maximum atomic E-state index is 6.01. The van der Waals surface area contributed by atoms with Gasteiger partial charge in [-0.05, 0) is 19.2 Å². The van der Waals surface area contributed by atoms with Crippen LogP contribution in [0.3, 0.4) is 0 Å². The van der Waals surface area contributed by atoms with E-state index >= 15 is 0 Å². The molecule has 1 saturated heterocycles. The van der Waals surface area contributed by atoms with Crippen LogP contribution in [-0.2, 0) is 0 Å². The van der Waals surface area contributed by atoms with Crippen LogP contribution in [0.25, 0.3) is 22.9 Å². The highest BCUT2D eigenvalue weighted by molar-refractivity contribution is 6.30. The molecule has 1 aliphatic heterocycles. The summed E-state index contributed by atoms with van der Waals surface area (Å²) in [4.78, 5) is 6.66. The quantitative estimate of drug-likeness (QED) is 0.781. The first-order valence-corrected chi connectivity index (χ1v) is 8.06. The highest BCUT2D eigenvalue weighted by atomic mass is 35.5. The van der Waals surface area contributed by atoms with E-state index in [9.17, 15) is 0 Å². The fourth-order valence-corrected chi connectivity index (χ4v) is 2.91. The minimum atomic E-state index is 0.0894. The van der Waals surface area contributed by atoms with Gasteiger partial charge in [0.15, 0.2) is 5.82 Å². The number of halogens is 1. The zero-order valence-electron chi connectivity index (χ0n) is 13.1. The summed E-state index contributed by atoms with van der Waals surface area (Å²) in [6, 6.07) is 9.27. The molecule has 7 nitrogen and oxygen atoms in total. The summed E-state index contributed by atoms with van der Waals surface area (Å²) in [6.07, 6.45) is 0. The zero-order chi connectivity index (χ0) is 16.5. The molecule has 1 fully saturated rings. The molecular weight excluding hydrogens is 330 g/mol. The molecule has 1 atom stereocenters. The maximum absolute atomic E-state index is 6.01. The normalized spacial score (nSPS) is 18.8. The Morgan fingerprint density at radius 3 is 3.00 bits per heavy atom. The summed E-state index contributed by atoms with van der Waals surface area (Å²) in [7, 11) is 2.05. The first-order chi connectivity index (χ1) is 11.7. The molecule has 124 valence electrons. The van der Waals surface area contributed by atoms with Crippen LogP contribution in [-0.4, -0.2) is 46.9 Å². The molecular formula is C16H16ClN5O2. The van der Waals surface area contributed by atoms with Gasteiger partial charge in [-0.1, -0.05) is 34.0 Å². The molecule has 3 aromatic rings. The van der Waals surface area contributed by atoms with Crippen LogP contribution in [0.5, 0.6) is 0 Å². The molecule has 8 heteroatoms. The highest BCUT2D eigenvalue weighted by Crippen LogP contribution is 2.28. The second-order valence-corrected chi connectivity index (χ2v) is 6.18. The van der Waals surface area contributed by atoms with Crippen molar-refractivity contribution in [2.24, 2.45) is 0 Å². The Kier molecular flexibility index (Phi) is 4.05. The number of nitrogens with one attached hydrogen (secondary N) is 1. The molecule has 0 saturated carbocycles. The smallest absolute Gasteiger partial charge is 0.296 e. The highest BCUT2D eigenvalue weighted by Gasteiger charge is 2.26. The second-order valence-electron chi connectivity index (χ2n) is 5.75. The SMILES string of the molecule is CN1CCNCC1c1noc(-c2cc(-c3cccc(Cl)c3)no2)n1. The molecule has 1 aromatic carbocycles. The molecule has 2 aromatic heterocycles. The number of rotatable bonds is 3. The van der Waals surface area contributed by atoms with Gasteiger partial charge in [0, 0.05) is 36.3 Å². The van der Waals surface area contributed by atoms with Crippen LogP contribution in [0.1, 0.15) is 11.9 Å². The first kappa shape index (κ1) is 15.3. The topological polar surface area (TPSA) is 80.2 Å². The third kappa shape index (κ3) is 2.93. The Morgan fingerprint density at radius 2 is 2.17 bits per heavy atom. The number of nitrogens with zero attached hydrogens (tertiary/aromatic N) is 4. The molecule has 0 amide bonds. The molecule has 0 radical (unpaired) electrons. The molecule has 1 unspecified atom stereocenters. The van der Waals surface area contributed by atoms with Gasteiger partial charge in [-0.15, -0.1) is 0 Å². The number of likely N-dealkylation sites (N-methyl/N-ethyl adjacent to an activating group) is 1. The second kappa shape index (κ2) is 6.35. The van der Waals surface area contributed by atoms with Crippen molar-refractivity contribution in [3.05, 3.63) is 41.2 Å².